The highest BCUT2D eigenvalue weighted by Crippen LogP contribution is 2.23. The molecule has 0 N–H and O–H groups in total. The lowest BCUT2D eigenvalue weighted by atomic mass is 9.93. The van der Waals surface area contributed by atoms with E-state index < -0.39 is 0 Å². The third kappa shape index (κ3) is 9.94. The van der Waals surface area contributed by atoms with Gasteiger partial charge in [-0.15, -0.1) is 0 Å². The SMILES string of the molecule is C=C(CCCC)C1=CC[C@@H](C)C=C1.CC.Cc1ccc(C)cc1. The third-order valence-corrected chi connectivity index (χ3v) is 3.77. The van der Waals surface area contributed by atoms with Crippen molar-refractivity contribution < 1.29 is 0 Å². The molecule has 1 aromatic rings. The maximum atomic E-state index is 4.12. The Morgan fingerprint density at radius 1 is 1.09 bits per heavy atom. The number of rotatable bonds is 4. The zero-order valence-corrected chi connectivity index (χ0v) is 16.2. The van der Waals surface area contributed by atoms with Gasteiger partial charge in [-0.3, -0.25) is 0 Å². The van der Waals surface area contributed by atoms with Crippen LogP contribution in [0, 0.1) is 19.8 Å². The van der Waals surface area contributed by atoms with Crippen LogP contribution in [0.1, 0.15) is 64.5 Å². The summed E-state index contributed by atoms with van der Waals surface area (Å²) in [4.78, 5) is 0. The van der Waals surface area contributed by atoms with Gasteiger partial charge in [-0.25, -0.2) is 0 Å². The summed E-state index contributed by atoms with van der Waals surface area (Å²) in [6.45, 7) is 16.8. The first-order valence-corrected chi connectivity index (χ1v) is 9.12. The molecule has 1 atom stereocenters. The molecule has 0 amide bonds. The lowest BCUT2D eigenvalue weighted by Crippen LogP contribution is -1.96. The van der Waals surface area contributed by atoms with E-state index in [9.17, 15) is 0 Å². The van der Waals surface area contributed by atoms with Gasteiger partial charge in [-0.1, -0.05) is 94.3 Å². The minimum Gasteiger partial charge on any atom is -0.0952 e. The Bertz CT molecular complexity index is 464. The topological polar surface area (TPSA) is 0 Å². The van der Waals surface area contributed by atoms with Gasteiger partial charge in [0.2, 0.25) is 0 Å². The van der Waals surface area contributed by atoms with Gasteiger partial charge in [-0.05, 0) is 50.2 Å². The normalized spacial score (nSPS) is 15.6. The molecule has 0 fully saturated rings. The summed E-state index contributed by atoms with van der Waals surface area (Å²) >= 11 is 0. The van der Waals surface area contributed by atoms with E-state index in [0.29, 0.717) is 5.92 Å². The average molecular weight is 313 g/mol. The molecule has 2 rings (SSSR count). The summed E-state index contributed by atoms with van der Waals surface area (Å²) in [7, 11) is 0. The number of allylic oxidation sites excluding steroid dienone is 5. The Morgan fingerprint density at radius 3 is 2.00 bits per heavy atom. The minimum atomic E-state index is 0.711. The molecule has 0 radical (unpaired) electrons. The standard InChI is InChI=1S/C13H20.C8H10.C2H6/c1-4-5-6-12(3)13-9-7-11(2)8-10-13;1-7-3-5-8(2)6-4-7;1-2/h7,9-11H,3-6,8H2,1-2H3;3-6H,1-2H3;1-2H3/t11-;;/m0../s1. The maximum Gasteiger partial charge on any atom is -0.0224 e. The molecule has 23 heavy (non-hydrogen) atoms. The monoisotopic (exact) mass is 312 g/mol. The number of benzene rings is 1. The van der Waals surface area contributed by atoms with Crippen LogP contribution in [0.5, 0.6) is 0 Å². The lowest BCUT2D eigenvalue weighted by molar-refractivity contribution is 0.727. The van der Waals surface area contributed by atoms with Gasteiger partial charge in [0.1, 0.15) is 0 Å². The Hall–Kier alpha value is -1.56. The van der Waals surface area contributed by atoms with Crippen molar-refractivity contribution in [3.8, 4) is 0 Å². The van der Waals surface area contributed by atoms with Crippen molar-refractivity contribution in [3.05, 3.63) is 71.3 Å². The number of unbranched alkanes of at least 4 members (excludes halogenated alkanes) is 1. The molecule has 128 valence electrons. The van der Waals surface area contributed by atoms with E-state index >= 15 is 0 Å². The number of hydrogen-bond donors (Lipinski definition) is 0. The summed E-state index contributed by atoms with van der Waals surface area (Å²) < 4.78 is 0. The Labute approximate surface area is 145 Å². The van der Waals surface area contributed by atoms with E-state index in [1.165, 1.54) is 41.5 Å². The van der Waals surface area contributed by atoms with Gasteiger partial charge >= 0.3 is 0 Å². The molecule has 0 nitrogen and oxygen atoms in total. The van der Waals surface area contributed by atoms with E-state index in [1.54, 1.807) is 0 Å². The minimum absolute atomic E-state index is 0.711. The first-order chi connectivity index (χ1) is 11.0. The summed E-state index contributed by atoms with van der Waals surface area (Å²) in [5.41, 5.74) is 5.34. The molecule has 1 aliphatic carbocycles. The van der Waals surface area contributed by atoms with E-state index in [1.807, 2.05) is 13.8 Å². The van der Waals surface area contributed by atoms with Crippen LogP contribution < -0.4 is 0 Å². The maximum absolute atomic E-state index is 4.12. The molecule has 1 aromatic carbocycles. The van der Waals surface area contributed by atoms with Crippen molar-refractivity contribution in [2.24, 2.45) is 5.92 Å². The average Bonchev–Trinajstić information content (AvgIpc) is 2.58. The third-order valence-electron chi connectivity index (χ3n) is 3.77. The van der Waals surface area contributed by atoms with Gasteiger partial charge in [0.15, 0.2) is 0 Å². The van der Waals surface area contributed by atoms with Crippen LogP contribution in [0.15, 0.2) is 60.2 Å². The molecule has 0 spiro atoms. The van der Waals surface area contributed by atoms with Crippen LogP contribution in [0.4, 0.5) is 0 Å². The van der Waals surface area contributed by atoms with Gasteiger partial charge in [-0.2, -0.15) is 0 Å². The van der Waals surface area contributed by atoms with E-state index in [0.717, 1.165) is 6.42 Å². The zero-order chi connectivity index (χ0) is 17.7. The highest BCUT2D eigenvalue weighted by molar-refractivity contribution is 5.39. The van der Waals surface area contributed by atoms with Gasteiger partial charge in [0, 0.05) is 0 Å². The summed E-state index contributed by atoms with van der Waals surface area (Å²) in [5.74, 6) is 0.711. The predicted molar refractivity (Wildman–Crippen MR) is 107 cm³/mol. The predicted octanol–water partition coefficient (Wildman–Crippen LogP) is 7.58. The molecular weight excluding hydrogens is 276 g/mol. The summed E-state index contributed by atoms with van der Waals surface area (Å²) in [6, 6.07) is 8.48. The fourth-order valence-electron chi connectivity index (χ4n) is 2.16. The molecule has 0 saturated heterocycles. The molecule has 0 bridgehead atoms. The molecule has 0 aliphatic heterocycles. The molecule has 0 heterocycles. The lowest BCUT2D eigenvalue weighted by Gasteiger charge is -2.13. The van der Waals surface area contributed by atoms with E-state index in [2.05, 4.69) is 76.8 Å². The Morgan fingerprint density at radius 2 is 1.61 bits per heavy atom. The molecule has 0 unspecified atom stereocenters. The smallest absolute Gasteiger partial charge is 0.0224 e. The van der Waals surface area contributed by atoms with Crippen LogP contribution >= 0.6 is 0 Å². The number of hydrogen-bond acceptors (Lipinski definition) is 0. The second kappa shape index (κ2) is 12.9. The van der Waals surface area contributed by atoms with Crippen LogP contribution in [-0.4, -0.2) is 0 Å². The van der Waals surface area contributed by atoms with Crippen LogP contribution in [-0.2, 0) is 0 Å². The first-order valence-electron chi connectivity index (χ1n) is 9.12. The van der Waals surface area contributed by atoms with Crippen LogP contribution in [0.25, 0.3) is 0 Å². The first kappa shape index (κ1) is 21.4. The van der Waals surface area contributed by atoms with Gasteiger partial charge < -0.3 is 0 Å². The van der Waals surface area contributed by atoms with Crippen molar-refractivity contribution >= 4 is 0 Å². The largest absolute Gasteiger partial charge is 0.0952 e. The van der Waals surface area contributed by atoms with Gasteiger partial charge in [0.05, 0.1) is 0 Å². The van der Waals surface area contributed by atoms with Gasteiger partial charge in [0.25, 0.3) is 0 Å². The Balaban J connectivity index is 0.000000414. The highest BCUT2D eigenvalue weighted by Gasteiger charge is 2.05. The van der Waals surface area contributed by atoms with Crippen LogP contribution in [0.2, 0.25) is 0 Å². The van der Waals surface area contributed by atoms with Crippen molar-refractivity contribution in [1.29, 1.82) is 0 Å². The fourth-order valence-corrected chi connectivity index (χ4v) is 2.16. The van der Waals surface area contributed by atoms with E-state index in [4.69, 9.17) is 0 Å². The Kier molecular flexibility index (Phi) is 12.1. The zero-order valence-electron chi connectivity index (χ0n) is 16.2. The van der Waals surface area contributed by atoms with Crippen molar-refractivity contribution in [1.82, 2.24) is 0 Å². The molecule has 0 aromatic heterocycles. The fraction of sp³-hybridized carbons (Fsp3) is 0.478. The van der Waals surface area contributed by atoms with Crippen molar-refractivity contribution in [3.63, 3.8) is 0 Å². The molecule has 0 saturated carbocycles. The number of aryl methyl sites for hydroxylation is 2. The highest BCUT2D eigenvalue weighted by atomic mass is 14.1. The quantitative estimate of drug-likeness (QED) is 0.537. The second-order valence-corrected chi connectivity index (χ2v) is 6.09. The molecular formula is C23H36. The summed E-state index contributed by atoms with van der Waals surface area (Å²) in [5, 5.41) is 0. The van der Waals surface area contributed by atoms with Crippen molar-refractivity contribution in [2.75, 3.05) is 0 Å². The molecule has 1 aliphatic rings. The van der Waals surface area contributed by atoms with Crippen molar-refractivity contribution in [2.45, 2.75) is 67.2 Å². The summed E-state index contributed by atoms with van der Waals surface area (Å²) in [6.07, 6.45) is 11.7. The second-order valence-electron chi connectivity index (χ2n) is 6.09. The van der Waals surface area contributed by atoms with E-state index in [-0.39, 0.29) is 0 Å². The molecule has 0 heteroatoms. The van der Waals surface area contributed by atoms with Crippen LogP contribution in [0.3, 0.4) is 0 Å².